The van der Waals surface area contributed by atoms with Crippen LogP contribution in [0.5, 0.6) is 0 Å². The lowest BCUT2D eigenvalue weighted by Gasteiger charge is -2.33. The first-order chi connectivity index (χ1) is 16.2. The monoisotopic (exact) mass is 490 g/mol. The van der Waals surface area contributed by atoms with Gasteiger partial charge in [0.05, 0.1) is 5.56 Å². The number of anilines is 1. The summed E-state index contributed by atoms with van der Waals surface area (Å²) in [5, 5.41) is 10.2. The average molecular weight is 491 g/mol. The predicted molar refractivity (Wildman–Crippen MR) is 125 cm³/mol. The van der Waals surface area contributed by atoms with Crippen LogP contribution >= 0.6 is 12.2 Å². The Morgan fingerprint density at radius 2 is 1.88 bits per heavy atom. The summed E-state index contributed by atoms with van der Waals surface area (Å²) in [6, 6.07) is 10.4. The van der Waals surface area contributed by atoms with Gasteiger partial charge in [0.25, 0.3) is 0 Å². The molecule has 34 heavy (non-hydrogen) atoms. The van der Waals surface area contributed by atoms with E-state index in [1.807, 2.05) is 40.7 Å². The molecule has 2 aromatic heterocycles. The Kier molecular flexibility index (Phi) is 7.01. The molecule has 0 spiro atoms. The lowest BCUT2D eigenvalue weighted by atomic mass is 10.0. The molecule has 1 aromatic carbocycles. The molecule has 180 valence electrons. The van der Waals surface area contributed by atoms with E-state index in [1.54, 1.807) is 0 Å². The molecule has 2 N–H and O–H groups in total. The molecule has 1 aliphatic rings. The van der Waals surface area contributed by atoms with Crippen LogP contribution in [0.15, 0.2) is 42.6 Å². The van der Waals surface area contributed by atoms with Crippen molar-refractivity contribution in [2.24, 2.45) is 0 Å². The second kappa shape index (κ2) is 9.96. The third kappa shape index (κ3) is 5.64. The van der Waals surface area contributed by atoms with Crippen molar-refractivity contribution in [2.75, 3.05) is 18.0 Å². The van der Waals surface area contributed by atoms with Crippen LogP contribution in [0.25, 0.3) is 11.4 Å². The Balaban J connectivity index is 1.28. The summed E-state index contributed by atoms with van der Waals surface area (Å²) < 4.78 is 40.5. The number of aromatic nitrogens is 4. The highest BCUT2D eigenvalue weighted by Gasteiger charge is 2.31. The molecule has 1 amide bonds. The molecule has 0 radical (unpaired) electrons. The molecule has 1 fully saturated rings. The zero-order valence-electron chi connectivity index (χ0n) is 18.6. The number of halogens is 3. The van der Waals surface area contributed by atoms with Gasteiger partial charge in [0.2, 0.25) is 5.91 Å². The van der Waals surface area contributed by atoms with Gasteiger partial charge in [-0.2, -0.15) is 18.3 Å². The van der Waals surface area contributed by atoms with Crippen molar-refractivity contribution in [3.05, 3.63) is 58.5 Å². The number of rotatable bonds is 6. The third-order valence-corrected chi connectivity index (χ3v) is 6.20. The first-order valence-corrected chi connectivity index (χ1v) is 11.4. The number of piperidine rings is 1. The number of amides is 1. The van der Waals surface area contributed by atoms with Crippen molar-refractivity contribution in [1.29, 1.82) is 0 Å². The van der Waals surface area contributed by atoms with Crippen molar-refractivity contribution in [3.8, 4) is 11.4 Å². The Morgan fingerprint density at radius 1 is 1.18 bits per heavy atom. The maximum Gasteiger partial charge on any atom is 0.417 e. The number of hydrogen-bond donors (Lipinski definition) is 2. The van der Waals surface area contributed by atoms with Crippen molar-refractivity contribution < 1.29 is 18.0 Å². The molecule has 0 unspecified atom stereocenters. The van der Waals surface area contributed by atoms with Gasteiger partial charge in [-0.05, 0) is 44.1 Å². The maximum atomic E-state index is 12.7. The van der Waals surface area contributed by atoms with E-state index in [-0.39, 0.29) is 18.4 Å². The third-order valence-electron chi connectivity index (χ3n) is 5.89. The number of pyridine rings is 1. The lowest BCUT2D eigenvalue weighted by molar-refractivity contribution is -0.137. The van der Waals surface area contributed by atoms with Crippen molar-refractivity contribution in [2.45, 2.75) is 44.9 Å². The van der Waals surface area contributed by atoms with E-state index in [2.05, 4.69) is 20.5 Å². The number of aromatic amines is 1. The van der Waals surface area contributed by atoms with Gasteiger partial charge in [-0.25, -0.2) is 4.98 Å². The molecule has 11 heteroatoms. The number of carbonyl (C=O) groups excluding carboxylic acids is 1. The SMILES string of the molecule is Cc1ccc(-c2n[nH]c(=S)n2CCC(=O)NC2CCN(c3ccc(C(F)(F)F)cn3)CC2)cc1. The normalized spacial score (nSPS) is 14.9. The summed E-state index contributed by atoms with van der Waals surface area (Å²) in [6.45, 7) is 3.62. The highest BCUT2D eigenvalue weighted by molar-refractivity contribution is 7.71. The molecule has 1 saturated heterocycles. The molecule has 0 saturated carbocycles. The summed E-state index contributed by atoms with van der Waals surface area (Å²) in [7, 11) is 0. The lowest BCUT2D eigenvalue weighted by Crippen LogP contribution is -2.45. The number of benzene rings is 1. The number of aryl methyl sites for hydroxylation is 1. The Morgan fingerprint density at radius 3 is 2.50 bits per heavy atom. The number of hydrogen-bond acceptors (Lipinski definition) is 5. The van der Waals surface area contributed by atoms with E-state index in [0.717, 1.165) is 23.4 Å². The van der Waals surface area contributed by atoms with E-state index in [1.165, 1.54) is 6.07 Å². The van der Waals surface area contributed by atoms with Gasteiger partial charge in [0, 0.05) is 43.9 Å². The summed E-state index contributed by atoms with van der Waals surface area (Å²) >= 11 is 5.34. The fourth-order valence-electron chi connectivity index (χ4n) is 3.96. The topological polar surface area (TPSA) is 78.8 Å². The van der Waals surface area contributed by atoms with Crippen LogP contribution in [0.1, 0.15) is 30.4 Å². The fraction of sp³-hybridized carbons (Fsp3) is 0.391. The van der Waals surface area contributed by atoms with Gasteiger partial charge in [-0.15, -0.1) is 0 Å². The number of carbonyl (C=O) groups is 1. The van der Waals surface area contributed by atoms with E-state index in [9.17, 15) is 18.0 Å². The fourth-order valence-corrected chi connectivity index (χ4v) is 4.18. The van der Waals surface area contributed by atoms with Gasteiger partial charge in [0.15, 0.2) is 10.6 Å². The number of alkyl halides is 3. The van der Waals surface area contributed by atoms with Gasteiger partial charge in [-0.1, -0.05) is 29.8 Å². The summed E-state index contributed by atoms with van der Waals surface area (Å²) in [4.78, 5) is 18.5. The largest absolute Gasteiger partial charge is 0.417 e. The molecule has 4 rings (SSSR count). The standard InChI is InChI=1S/C23H25F3N6OS/c1-15-2-4-16(5-3-15)21-29-30-22(34)32(21)13-10-20(33)28-18-8-11-31(12-9-18)19-7-6-17(14-27-19)23(24,25)26/h2-7,14,18H,8-13H2,1H3,(H,28,33)(H,30,34). The number of nitrogens with one attached hydrogen (secondary N) is 2. The second-order valence-electron chi connectivity index (χ2n) is 8.35. The molecule has 7 nitrogen and oxygen atoms in total. The van der Waals surface area contributed by atoms with E-state index >= 15 is 0 Å². The van der Waals surface area contributed by atoms with Crippen LogP contribution in [0, 0.1) is 11.7 Å². The smallest absolute Gasteiger partial charge is 0.356 e. The zero-order valence-corrected chi connectivity index (χ0v) is 19.4. The molecule has 3 heterocycles. The molecular formula is C23H25F3N6OS. The van der Waals surface area contributed by atoms with Gasteiger partial charge < -0.3 is 10.2 Å². The van der Waals surface area contributed by atoms with E-state index in [0.29, 0.717) is 48.9 Å². The van der Waals surface area contributed by atoms with Crippen molar-refractivity contribution in [1.82, 2.24) is 25.1 Å². The predicted octanol–water partition coefficient (Wildman–Crippen LogP) is 4.51. The number of H-pyrrole nitrogens is 1. The molecule has 0 atom stereocenters. The first-order valence-electron chi connectivity index (χ1n) is 11.0. The minimum atomic E-state index is -4.40. The Bertz CT molecular complexity index is 1180. The molecule has 0 aliphatic carbocycles. The summed E-state index contributed by atoms with van der Waals surface area (Å²) in [6.07, 6.45) is -1.91. The van der Waals surface area contributed by atoms with Crippen molar-refractivity contribution in [3.63, 3.8) is 0 Å². The highest BCUT2D eigenvalue weighted by Crippen LogP contribution is 2.29. The second-order valence-corrected chi connectivity index (χ2v) is 8.74. The molecule has 0 bridgehead atoms. The first kappa shape index (κ1) is 23.9. The zero-order chi connectivity index (χ0) is 24.3. The van der Waals surface area contributed by atoms with Crippen LogP contribution in [0.3, 0.4) is 0 Å². The van der Waals surface area contributed by atoms with Crippen molar-refractivity contribution >= 4 is 23.9 Å². The minimum absolute atomic E-state index is 0.00656. The summed E-state index contributed by atoms with van der Waals surface area (Å²) in [5.74, 6) is 1.12. The average Bonchev–Trinajstić information content (AvgIpc) is 3.18. The van der Waals surface area contributed by atoms with Gasteiger partial charge in [0.1, 0.15) is 5.82 Å². The minimum Gasteiger partial charge on any atom is -0.356 e. The summed E-state index contributed by atoms with van der Waals surface area (Å²) in [5.41, 5.74) is 1.30. The van der Waals surface area contributed by atoms with Crippen LogP contribution in [0.4, 0.5) is 19.0 Å². The maximum absolute atomic E-state index is 12.7. The quantitative estimate of drug-likeness (QED) is 0.498. The highest BCUT2D eigenvalue weighted by atomic mass is 32.1. The van der Waals surface area contributed by atoms with Gasteiger partial charge in [-0.3, -0.25) is 14.5 Å². The van der Waals surface area contributed by atoms with Crippen LogP contribution in [-0.4, -0.2) is 44.8 Å². The van der Waals surface area contributed by atoms with Crippen LogP contribution in [-0.2, 0) is 17.5 Å². The number of nitrogens with zero attached hydrogens (tertiary/aromatic N) is 4. The van der Waals surface area contributed by atoms with Gasteiger partial charge >= 0.3 is 6.18 Å². The van der Waals surface area contributed by atoms with E-state index in [4.69, 9.17) is 12.2 Å². The molecular weight excluding hydrogens is 465 g/mol. The van der Waals surface area contributed by atoms with E-state index < -0.39 is 11.7 Å². The van der Waals surface area contributed by atoms with Crippen LogP contribution < -0.4 is 10.2 Å². The van der Waals surface area contributed by atoms with Crippen LogP contribution in [0.2, 0.25) is 0 Å². The Hall–Kier alpha value is -3.21. The molecule has 3 aromatic rings. The molecule has 1 aliphatic heterocycles. The Labute approximate surface area is 200 Å².